The van der Waals surface area contributed by atoms with Crippen molar-refractivity contribution < 1.29 is 4.74 Å². The molecule has 0 unspecified atom stereocenters. The summed E-state index contributed by atoms with van der Waals surface area (Å²) in [5, 5.41) is 4.18. The van der Waals surface area contributed by atoms with E-state index in [0.29, 0.717) is 12.5 Å². The molecule has 0 heterocycles. The number of hydrogen-bond acceptors (Lipinski definition) is 2. The standard InChI is InChI=1S/C19H24ClNO/c1-14(2)11-21-12-17-10-18(20)8-9-19(17)22-13-16-7-5-4-6-15(16)3/h4-10,14,21H,11-13H2,1-3H3. The van der Waals surface area contributed by atoms with Gasteiger partial charge in [-0.1, -0.05) is 49.7 Å². The molecule has 2 nitrogen and oxygen atoms in total. The highest BCUT2D eigenvalue weighted by molar-refractivity contribution is 6.30. The van der Waals surface area contributed by atoms with Crippen molar-refractivity contribution in [2.75, 3.05) is 6.54 Å². The van der Waals surface area contributed by atoms with Gasteiger partial charge in [-0.15, -0.1) is 0 Å². The molecule has 0 bridgehead atoms. The SMILES string of the molecule is Cc1ccccc1COc1ccc(Cl)cc1CNCC(C)C. The van der Waals surface area contributed by atoms with Crippen molar-refractivity contribution in [3.05, 3.63) is 64.2 Å². The predicted molar refractivity (Wildman–Crippen MR) is 93.5 cm³/mol. The minimum atomic E-state index is 0.575. The molecule has 2 aromatic carbocycles. The van der Waals surface area contributed by atoms with Gasteiger partial charge < -0.3 is 10.1 Å². The van der Waals surface area contributed by atoms with Gasteiger partial charge in [0.1, 0.15) is 12.4 Å². The molecule has 0 fully saturated rings. The van der Waals surface area contributed by atoms with Gasteiger partial charge in [0.15, 0.2) is 0 Å². The van der Waals surface area contributed by atoms with Crippen molar-refractivity contribution in [3.8, 4) is 5.75 Å². The van der Waals surface area contributed by atoms with Gasteiger partial charge in [0, 0.05) is 17.1 Å². The van der Waals surface area contributed by atoms with E-state index in [2.05, 4.69) is 38.2 Å². The summed E-state index contributed by atoms with van der Waals surface area (Å²) in [4.78, 5) is 0. The summed E-state index contributed by atoms with van der Waals surface area (Å²) in [6.45, 7) is 8.81. The first-order valence-electron chi connectivity index (χ1n) is 7.72. The summed E-state index contributed by atoms with van der Waals surface area (Å²) in [5.74, 6) is 1.51. The van der Waals surface area contributed by atoms with Gasteiger partial charge in [-0.2, -0.15) is 0 Å². The fourth-order valence-corrected chi connectivity index (χ4v) is 2.44. The average Bonchev–Trinajstić information content (AvgIpc) is 2.47. The molecule has 0 spiro atoms. The molecule has 0 aliphatic heterocycles. The lowest BCUT2D eigenvalue weighted by atomic mass is 10.1. The maximum Gasteiger partial charge on any atom is 0.124 e. The van der Waals surface area contributed by atoms with Gasteiger partial charge >= 0.3 is 0 Å². The normalized spacial score (nSPS) is 11.0. The minimum absolute atomic E-state index is 0.575. The molecule has 0 radical (unpaired) electrons. The summed E-state index contributed by atoms with van der Waals surface area (Å²) < 4.78 is 6.02. The molecule has 1 N–H and O–H groups in total. The molecular weight excluding hydrogens is 294 g/mol. The van der Waals surface area contributed by atoms with Gasteiger partial charge in [-0.05, 0) is 48.7 Å². The number of rotatable bonds is 7. The predicted octanol–water partition coefficient (Wildman–Crippen LogP) is 4.97. The van der Waals surface area contributed by atoms with Gasteiger partial charge in [-0.3, -0.25) is 0 Å². The number of benzene rings is 2. The Balaban J connectivity index is 2.05. The van der Waals surface area contributed by atoms with Crippen LogP contribution < -0.4 is 10.1 Å². The summed E-state index contributed by atoms with van der Waals surface area (Å²) >= 11 is 6.12. The van der Waals surface area contributed by atoms with Crippen LogP contribution in [-0.2, 0) is 13.2 Å². The quantitative estimate of drug-likeness (QED) is 0.778. The minimum Gasteiger partial charge on any atom is -0.489 e. The van der Waals surface area contributed by atoms with Gasteiger partial charge in [-0.25, -0.2) is 0 Å². The highest BCUT2D eigenvalue weighted by Crippen LogP contribution is 2.24. The third-order valence-electron chi connectivity index (χ3n) is 3.54. The molecule has 118 valence electrons. The van der Waals surface area contributed by atoms with E-state index in [4.69, 9.17) is 16.3 Å². The molecule has 2 aromatic rings. The van der Waals surface area contributed by atoms with E-state index in [-0.39, 0.29) is 0 Å². The highest BCUT2D eigenvalue weighted by atomic mass is 35.5. The number of halogens is 1. The van der Waals surface area contributed by atoms with Crippen LogP contribution in [0.2, 0.25) is 5.02 Å². The second-order valence-electron chi connectivity index (χ2n) is 5.99. The van der Waals surface area contributed by atoms with E-state index in [1.165, 1.54) is 11.1 Å². The zero-order chi connectivity index (χ0) is 15.9. The fourth-order valence-electron chi connectivity index (χ4n) is 2.25. The Labute approximate surface area is 138 Å². The lowest BCUT2D eigenvalue weighted by molar-refractivity contribution is 0.301. The maximum absolute atomic E-state index is 6.12. The van der Waals surface area contributed by atoms with Crippen LogP contribution in [0.4, 0.5) is 0 Å². The summed E-state index contributed by atoms with van der Waals surface area (Å²) in [7, 11) is 0. The van der Waals surface area contributed by atoms with Crippen molar-refractivity contribution in [1.29, 1.82) is 0 Å². The third kappa shape index (κ3) is 5.04. The molecule has 0 amide bonds. The Morgan fingerprint density at radius 1 is 1.09 bits per heavy atom. The number of nitrogens with one attached hydrogen (secondary N) is 1. The number of ether oxygens (including phenoxy) is 1. The maximum atomic E-state index is 6.12. The Kier molecular flexibility index (Phi) is 6.29. The van der Waals surface area contributed by atoms with Crippen LogP contribution in [0.25, 0.3) is 0 Å². The van der Waals surface area contributed by atoms with E-state index in [1.807, 2.05) is 30.3 Å². The first-order valence-corrected chi connectivity index (χ1v) is 8.10. The first kappa shape index (κ1) is 16.9. The van der Waals surface area contributed by atoms with Crippen LogP contribution >= 0.6 is 11.6 Å². The molecule has 2 rings (SSSR count). The van der Waals surface area contributed by atoms with Crippen LogP contribution in [0.1, 0.15) is 30.5 Å². The van der Waals surface area contributed by atoms with E-state index in [1.54, 1.807) is 0 Å². The van der Waals surface area contributed by atoms with Gasteiger partial charge in [0.05, 0.1) is 0 Å². The van der Waals surface area contributed by atoms with Crippen molar-refractivity contribution in [2.45, 2.75) is 33.9 Å². The molecule has 3 heteroatoms. The monoisotopic (exact) mass is 317 g/mol. The summed E-state index contributed by atoms with van der Waals surface area (Å²) in [6.07, 6.45) is 0. The second kappa shape index (κ2) is 8.21. The zero-order valence-electron chi connectivity index (χ0n) is 13.5. The van der Waals surface area contributed by atoms with Crippen LogP contribution in [0.15, 0.2) is 42.5 Å². The Hall–Kier alpha value is -1.51. The van der Waals surface area contributed by atoms with Crippen molar-refractivity contribution >= 4 is 11.6 Å². The lowest BCUT2D eigenvalue weighted by Crippen LogP contribution is -2.19. The van der Waals surface area contributed by atoms with E-state index in [0.717, 1.165) is 29.4 Å². The Morgan fingerprint density at radius 3 is 2.59 bits per heavy atom. The largest absolute Gasteiger partial charge is 0.489 e. The van der Waals surface area contributed by atoms with Crippen molar-refractivity contribution in [2.24, 2.45) is 5.92 Å². The average molecular weight is 318 g/mol. The number of hydrogen-bond donors (Lipinski definition) is 1. The molecule has 0 aliphatic carbocycles. The Bertz CT molecular complexity index is 610. The zero-order valence-corrected chi connectivity index (χ0v) is 14.3. The second-order valence-corrected chi connectivity index (χ2v) is 6.43. The molecule has 0 aliphatic rings. The van der Waals surface area contributed by atoms with Crippen molar-refractivity contribution in [1.82, 2.24) is 5.32 Å². The number of aryl methyl sites for hydroxylation is 1. The summed E-state index contributed by atoms with van der Waals surface area (Å²) in [6, 6.07) is 14.1. The van der Waals surface area contributed by atoms with Crippen LogP contribution in [0.3, 0.4) is 0 Å². The third-order valence-corrected chi connectivity index (χ3v) is 3.77. The molecular formula is C19H24ClNO. The van der Waals surface area contributed by atoms with E-state index < -0.39 is 0 Å². The lowest BCUT2D eigenvalue weighted by Gasteiger charge is -2.14. The molecule has 0 saturated heterocycles. The molecule has 0 saturated carbocycles. The smallest absolute Gasteiger partial charge is 0.124 e. The molecule has 0 atom stereocenters. The topological polar surface area (TPSA) is 21.3 Å². The van der Waals surface area contributed by atoms with Crippen LogP contribution in [0.5, 0.6) is 5.75 Å². The van der Waals surface area contributed by atoms with Gasteiger partial charge in [0.2, 0.25) is 0 Å². The summed E-state index contributed by atoms with van der Waals surface area (Å²) in [5.41, 5.74) is 3.55. The van der Waals surface area contributed by atoms with E-state index in [9.17, 15) is 0 Å². The molecule has 22 heavy (non-hydrogen) atoms. The van der Waals surface area contributed by atoms with Crippen LogP contribution in [0, 0.1) is 12.8 Å². The highest BCUT2D eigenvalue weighted by Gasteiger charge is 2.06. The molecule has 0 aromatic heterocycles. The fraction of sp³-hybridized carbons (Fsp3) is 0.368. The first-order chi connectivity index (χ1) is 10.6. The Morgan fingerprint density at radius 2 is 1.86 bits per heavy atom. The van der Waals surface area contributed by atoms with E-state index >= 15 is 0 Å². The van der Waals surface area contributed by atoms with Crippen molar-refractivity contribution in [3.63, 3.8) is 0 Å². The van der Waals surface area contributed by atoms with Gasteiger partial charge in [0.25, 0.3) is 0 Å². The van der Waals surface area contributed by atoms with Crippen LogP contribution in [-0.4, -0.2) is 6.54 Å².